The first-order valence-electron chi connectivity index (χ1n) is 12.7. The van der Waals surface area contributed by atoms with Gasteiger partial charge in [-0.05, 0) is 47.6 Å². The quantitative estimate of drug-likeness (QED) is 0.341. The standard InChI is InChI=1S/C29H32Cl2FN5O/c1-28(2,3)16-23-29(17-33,19-8-10-20(30)11-9-19)24(21-6-4-7-22(31)25(21)32)26(36-23)27(38)35-12-5-14-37-15-13-34-18-37/h4,6-11,13,15,18,23-24,26,36H,5,12,14,16H2,1-3H3,(H,35,38)/t23-,24-,26+,29-/m0/s1. The van der Waals surface area contributed by atoms with Crippen LogP contribution in [-0.2, 0) is 16.8 Å². The number of carbonyl (C=O) groups is 1. The number of nitrogens with one attached hydrogen (secondary N) is 2. The molecule has 38 heavy (non-hydrogen) atoms. The van der Waals surface area contributed by atoms with Gasteiger partial charge in [0.15, 0.2) is 0 Å². The lowest BCUT2D eigenvalue weighted by atomic mass is 9.63. The third kappa shape index (κ3) is 5.73. The van der Waals surface area contributed by atoms with Gasteiger partial charge in [0, 0.05) is 42.5 Å². The molecule has 0 spiro atoms. The number of nitriles is 1. The van der Waals surface area contributed by atoms with Gasteiger partial charge < -0.3 is 15.2 Å². The average Bonchev–Trinajstić information content (AvgIpc) is 3.49. The Kier molecular flexibility index (Phi) is 8.46. The molecule has 0 radical (unpaired) electrons. The number of benzene rings is 2. The third-order valence-electron chi connectivity index (χ3n) is 7.13. The summed E-state index contributed by atoms with van der Waals surface area (Å²) in [7, 11) is 0. The van der Waals surface area contributed by atoms with E-state index >= 15 is 4.39 Å². The summed E-state index contributed by atoms with van der Waals surface area (Å²) in [4.78, 5) is 17.7. The molecule has 4 rings (SSSR count). The van der Waals surface area contributed by atoms with Crippen molar-refractivity contribution >= 4 is 29.1 Å². The summed E-state index contributed by atoms with van der Waals surface area (Å²) in [6.45, 7) is 7.36. The van der Waals surface area contributed by atoms with Crippen LogP contribution < -0.4 is 10.6 Å². The molecule has 1 amide bonds. The highest BCUT2D eigenvalue weighted by Crippen LogP contribution is 2.52. The fraction of sp³-hybridized carbons (Fsp3) is 0.414. The Hall–Kier alpha value is -2.92. The van der Waals surface area contributed by atoms with E-state index < -0.39 is 29.2 Å². The first-order valence-corrected chi connectivity index (χ1v) is 13.4. The maximum absolute atomic E-state index is 15.6. The van der Waals surface area contributed by atoms with E-state index in [0.29, 0.717) is 36.5 Å². The molecule has 2 N–H and O–H groups in total. The third-order valence-corrected chi connectivity index (χ3v) is 7.67. The molecule has 0 aliphatic carbocycles. The minimum absolute atomic E-state index is 0.0517. The molecule has 1 saturated heterocycles. The van der Waals surface area contributed by atoms with Gasteiger partial charge in [0.2, 0.25) is 5.91 Å². The number of nitrogens with zero attached hydrogens (tertiary/aromatic N) is 3. The molecule has 9 heteroatoms. The monoisotopic (exact) mass is 555 g/mol. The maximum Gasteiger partial charge on any atom is 0.237 e. The van der Waals surface area contributed by atoms with Gasteiger partial charge in [-0.2, -0.15) is 5.26 Å². The van der Waals surface area contributed by atoms with Crippen molar-refractivity contribution in [2.45, 2.75) is 63.6 Å². The minimum atomic E-state index is -1.26. The molecule has 3 aromatic rings. The summed E-state index contributed by atoms with van der Waals surface area (Å²) in [6.07, 6.45) is 6.56. The molecule has 4 atom stereocenters. The molecule has 0 unspecified atom stereocenters. The van der Waals surface area contributed by atoms with Crippen molar-refractivity contribution < 1.29 is 9.18 Å². The highest BCUT2D eigenvalue weighted by Gasteiger charge is 2.60. The van der Waals surface area contributed by atoms with E-state index in [1.54, 1.807) is 48.9 Å². The summed E-state index contributed by atoms with van der Waals surface area (Å²) in [5.74, 6) is -1.75. The molecule has 200 valence electrons. The zero-order valence-electron chi connectivity index (χ0n) is 21.7. The van der Waals surface area contributed by atoms with Crippen LogP contribution in [-0.4, -0.2) is 34.1 Å². The van der Waals surface area contributed by atoms with Crippen molar-refractivity contribution in [1.29, 1.82) is 5.26 Å². The predicted octanol–water partition coefficient (Wildman–Crippen LogP) is 5.86. The molecule has 1 fully saturated rings. The number of hydrogen-bond donors (Lipinski definition) is 2. The van der Waals surface area contributed by atoms with Gasteiger partial charge in [0.05, 0.1) is 23.5 Å². The Labute approximate surface area is 233 Å². The Bertz CT molecular complexity index is 1300. The Balaban J connectivity index is 1.77. The number of aryl methyl sites for hydroxylation is 1. The van der Waals surface area contributed by atoms with Crippen molar-refractivity contribution in [2.24, 2.45) is 5.41 Å². The first kappa shape index (κ1) is 28.1. The second kappa shape index (κ2) is 11.4. The second-order valence-corrected chi connectivity index (χ2v) is 11.9. The SMILES string of the molecule is CC(C)(C)C[C@@H]1N[C@@H](C(=O)NCCCn2ccnc2)[C@H](c2cccc(Cl)c2F)[C@@]1(C#N)c1ccc(Cl)cc1. The minimum Gasteiger partial charge on any atom is -0.355 e. The molecule has 0 bridgehead atoms. The molecule has 1 aliphatic rings. The van der Waals surface area contributed by atoms with Crippen molar-refractivity contribution in [3.8, 4) is 6.07 Å². The molecule has 0 saturated carbocycles. The Morgan fingerprint density at radius 1 is 1.24 bits per heavy atom. The van der Waals surface area contributed by atoms with Crippen LogP contribution in [0.1, 0.15) is 50.7 Å². The number of hydrogen-bond acceptors (Lipinski definition) is 4. The van der Waals surface area contributed by atoms with Crippen molar-refractivity contribution in [3.63, 3.8) is 0 Å². The van der Waals surface area contributed by atoms with Gasteiger partial charge in [-0.3, -0.25) is 4.79 Å². The number of imidazole rings is 1. The van der Waals surface area contributed by atoms with Gasteiger partial charge in [-0.1, -0.05) is 68.2 Å². The van der Waals surface area contributed by atoms with Crippen LogP contribution in [0.3, 0.4) is 0 Å². The van der Waals surface area contributed by atoms with Crippen LogP contribution in [0, 0.1) is 22.6 Å². The van der Waals surface area contributed by atoms with Crippen LogP contribution in [0.2, 0.25) is 10.0 Å². The zero-order chi connectivity index (χ0) is 27.5. The maximum atomic E-state index is 15.6. The number of rotatable bonds is 8. The molecular formula is C29H32Cl2FN5O. The topological polar surface area (TPSA) is 82.7 Å². The lowest BCUT2D eigenvalue weighted by Gasteiger charge is -2.37. The fourth-order valence-electron chi connectivity index (χ4n) is 5.49. The van der Waals surface area contributed by atoms with E-state index in [-0.39, 0.29) is 21.9 Å². The predicted molar refractivity (Wildman–Crippen MR) is 148 cm³/mol. The van der Waals surface area contributed by atoms with Gasteiger partial charge in [0.25, 0.3) is 0 Å². The van der Waals surface area contributed by atoms with Crippen LogP contribution in [0.4, 0.5) is 4.39 Å². The van der Waals surface area contributed by atoms with E-state index in [1.165, 1.54) is 6.07 Å². The molecule has 2 aromatic carbocycles. The summed E-state index contributed by atoms with van der Waals surface area (Å²) < 4.78 is 17.6. The summed E-state index contributed by atoms with van der Waals surface area (Å²) in [5, 5.41) is 17.8. The largest absolute Gasteiger partial charge is 0.355 e. The van der Waals surface area contributed by atoms with E-state index in [0.717, 1.165) is 0 Å². The van der Waals surface area contributed by atoms with Gasteiger partial charge in [-0.25, -0.2) is 9.37 Å². The van der Waals surface area contributed by atoms with Crippen molar-refractivity contribution in [2.75, 3.05) is 6.54 Å². The summed E-state index contributed by atoms with van der Waals surface area (Å²) in [5.41, 5.74) is -0.537. The highest BCUT2D eigenvalue weighted by molar-refractivity contribution is 6.31. The lowest BCUT2D eigenvalue weighted by molar-refractivity contribution is -0.123. The van der Waals surface area contributed by atoms with Crippen LogP contribution in [0.5, 0.6) is 0 Å². The van der Waals surface area contributed by atoms with Gasteiger partial charge in [0.1, 0.15) is 11.2 Å². The van der Waals surface area contributed by atoms with E-state index in [1.807, 2.05) is 10.8 Å². The Morgan fingerprint density at radius 3 is 2.61 bits per heavy atom. The Morgan fingerprint density at radius 2 is 1.97 bits per heavy atom. The van der Waals surface area contributed by atoms with Crippen molar-refractivity contribution in [3.05, 3.63) is 88.2 Å². The van der Waals surface area contributed by atoms with E-state index in [2.05, 4.69) is 42.5 Å². The smallest absolute Gasteiger partial charge is 0.237 e. The molecule has 6 nitrogen and oxygen atoms in total. The van der Waals surface area contributed by atoms with Crippen molar-refractivity contribution in [1.82, 2.24) is 20.2 Å². The number of carbonyl (C=O) groups excluding carboxylic acids is 1. The zero-order valence-corrected chi connectivity index (χ0v) is 23.2. The number of amides is 1. The number of aromatic nitrogens is 2. The first-order chi connectivity index (χ1) is 18.1. The van der Waals surface area contributed by atoms with Crippen LogP contribution >= 0.6 is 23.2 Å². The van der Waals surface area contributed by atoms with Gasteiger partial charge in [-0.15, -0.1) is 0 Å². The van der Waals surface area contributed by atoms with E-state index in [4.69, 9.17) is 23.2 Å². The summed E-state index contributed by atoms with van der Waals surface area (Å²) in [6, 6.07) is 13.0. The molecule has 1 aliphatic heterocycles. The van der Waals surface area contributed by atoms with Gasteiger partial charge >= 0.3 is 0 Å². The number of halogens is 3. The van der Waals surface area contributed by atoms with Crippen LogP contribution in [0.15, 0.2) is 61.2 Å². The average molecular weight is 557 g/mol. The second-order valence-electron chi connectivity index (χ2n) is 11.0. The molecular weight excluding hydrogens is 524 g/mol. The normalized spacial score (nSPS) is 23.2. The molecule has 1 aromatic heterocycles. The van der Waals surface area contributed by atoms with E-state index in [9.17, 15) is 10.1 Å². The lowest BCUT2D eigenvalue weighted by Crippen LogP contribution is -2.46. The molecule has 2 heterocycles. The highest BCUT2D eigenvalue weighted by atomic mass is 35.5. The fourth-order valence-corrected chi connectivity index (χ4v) is 5.80. The van der Waals surface area contributed by atoms with Crippen LogP contribution in [0.25, 0.3) is 0 Å². The summed E-state index contributed by atoms with van der Waals surface area (Å²) >= 11 is 12.4.